The summed E-state index contributed by atoms with van der Waals surface area (Å²) in [5, 5.41) is 0. The third-order valence-corrected chi connectivity index (χ3v) is 5.59. The van der Waals surface area contributed by atoms with Crippen molar-refractivity contribution in [3.8, 4) is 11.5 Å². The van der Waals surface area contributed by atoms with Crippen LogP contribution in [0.15, 0.2) is 18.2 Å². The first-order valence-corrected chi connectivity index (χ1v) is 10.3. The zero-order valence-electron chi connectivity index (χ0n) is 17.0. The van der Waals surface area contributed by atoms with Crippen molar-refractivity contribution in [1.29, 1.82) is 0 Å². The Morgan fingerprint density at radius 3 is 2.18 bits per heavy atom. The molecule has 28 heavy (non-hydrogen) atoms. The van der Waals surface area contributed by atoms with Gasteiger partial charge in [0, 0.05) is 45.6 Å². The largest absolute Gasteiger partial charge is 0.454 e. The third-order valence-electron chi connectivity index (χ3n) is 5.59. The van der Waals surface area contributed by atoms with Crippen molar-refractivity contribution in [2.45, 2.75) is 33.1 Å². The van der Waals surface area contributed by atoms with E-state index in [1.54, 1.807) is 0 Å². The number of carbonyl (C=O) groups excluding carboxylic acids is 2. The fourth-order valence-corrected chi connectivity index (χ4v) is 3.66. The molecule has 0 aliphatic carbocycles. The number of nitrogens with zero attached hydrogens (tertiary/aromatic N) is 3. The van der Waals surface area contributed by atoms with Crippen molar-refractivity contribution in [2.24, 2.45) is 0 Å². The Labute approximate surface area is 167 Å². The van der Waals surface area contributed by atoms with E-state index in [4.69, 9.17) is 9.47 Å². The van der Waals surface area contributed by atoms with Gasteiger partial charge in [0.25, 0.3) is 0 Å². The van der Waals surface area contributed by atoms with E-state index in [0.29, 0.717) is 45.4 Å². The standard InChI is InChI=1S/C21H31N3O4/c1-3-22(4-2)10-9-21(26)24-13-11-23(12-14-24)20(25)8-6-17-5-7-18-19(15-17)28-16-27-18/h5,7,15H,3-4,6,8-14,16H2,1-2H3. The van der Waals surface area contributed by atoms with Gasteiger partial charge in [-0.15, -0.1) is 0 Å². The molecule has 0 saturated carbocycles. The fraction of sp³-hybridized carbons (Fsp3) is 0.619. The van der Waals surface area contributed by atoms with Crippen LogP contribution in [-0.4, -0.2) is 79.1 Å². The molecule has 2 amide bonds. The van der Waals surface area contributed by atoms with Crippen LogP contribution in [-0.2, 0) is 16.0 Å². The maximum absolute atomic E-state index is 12.5. The predicted octanol–water partition coefficient (Wildman–Crippen LogP) is 1.75. The summed E-state index contributed by atoms with van der Waals surface area (Å²) >= 11 is 0. The van der Waals surface area contributed by atoms with Crippen LogP contribution in [0.1, 0.15) is 32.3 Å². The molecule has 154 valence electrons. The zero-order chi connectivity index (χ0) is 19.9. The number of rotatable bonds is 8. The molecule has 0 atom stereocenters. The molecule has 0 aromatic heterocycles. The molecule has 2 aliphatic rings. The number of aryl methyl sites for hydroxylation is 1. The fourth-order valence-electron chi connectivity index (χ4n) is 3.66. The highest BCUT2D eigenvalue weighted by Gasteiger charge is 2.24. The Bertz CT molecular complexity index is 682. The third kappa shape index (κ3) is 5.16. The second-order valence-corrected chi connectivity index (χ2v) is 7.23. The maximum atomic E-state index is 12.5. The van der Waals surface area contributed by atoms with Crippen LogP contribution in [0.5, 0.6) is 11.5 Å². The van der Waals surface area contributed by atoms with E-state index < -0.39 is 0 Å². The molecule has 0 bridgehead atoms. The van der Waals surface area contributed by atoms with Gasteiger partial charge in [0.2, 0.25) is 18.6 Å². The highest BCUT2D eigenvalue weighted by Crippen LogP contribution is 2.32. The van der Waals surface area contributed by atoms with Crippen molar-refractivity contribution in [3.63, 3.8) is 0 Å². The quantitative estimate of drug-likeness (QED) is 0.678. The minimum Gasteiger partial charge on any atom is -0.454 e. The van der Waals surface area contributed by atoms with Gasteiger partial charge in [-0.3, -0.25) is 9.59 Å². The molecule has 0 N–H and O–H groups in total. The first-order chi connectivity index (χ1) is 13.6. The average molecular weight is 389 g/mol. The predicted molar refractivity (Wildman–Crippen MR) is 106 cm³/mol. The van der Waals surface area contributed by atoms with E-state index in [9.17, 15) is 9.59 Å². The second-order valence-electron chi connectivity index (χ2n) is 7.23. The van der Waals surface area contributed by atoms with E-state index >= 15 is 0 Å². The number of amides is 2. The summed E-state index contributed by atoms with van der Waals surface area (Å²) in [6.07, 6.45) is 1.70. The Morgan fingerprint density at radius 1 is 0.929 bits per heavy atom. The minimum absolute atomic E-state index is 0.146. The second kappa shape index (κ2) is 9.78. The molecule has 3 rings (SSSR count). The number of piperazine rings is 1. The van der Waals surface area contributed by atoms with E-state index in [2.05, 4.69) is 18.7 Å². The maximum Gasteiger partial charge on any atom is 0.231 e. The normalized spacial score (nSPS) is 16.0. The van der Waals surface area contributed by atoms with Crippen LogP contribution in [0.4, 0.5) is 0 Å². The summed E-state index contributed by atoms with van der Waals surface area (Å²) in [7, 11) is 0. The molecular formula is C21H31N3O4. The number of carbonyl (C=O) groups is 2. The Morgan fingerprint density at radius 2 is 1.54 bits per heavy atom. The van der Waals surface area contributed by atoms with Gasteiger partial charge in [-0.25, -0.2) is 0 Å². The molecule has 1 aromatic rings. The van der Waals surface area contributed by atoms with Crippen molar-refractivity contribution in [3.05, 3.63) is 23.8 Å². The summed E-state index contributed by atoms with van der Waals surface area (Å²) in [5.74, 6) is 1.85. The number of hydrogen-bond donors (Lipinski definition) is 0. The summed E-state index contributed by atoms with van der Waals surface area (Å²) in [6, 6.07) is 5.82. The summed E-state index contributed by atoms with van der Waals surface area (Å²) < 4.78 is 10.7. The van der Waals surface area contributed by atoms with Gasteiger partial charge in [0.05, 0.1) is 0 Å². The number of ether oxygens (including phenoxy) is 2. The van der Waals surface area contributed by atoms with Gasteiger partial charge in [0.1, 0.15) is 0 Å². The monoisotopic (exact) mass is 389 g/mol. The van der Waals surface area contributed by atoms with Gasteiger partial charge >= 0.3 is 0 Å². The van der Waals surface area contributed by atoms with E-state index in [0.717, 1.165) is 36.7 Å². The first-order valence-electron chi connectivity index (χ1n) is 10.3. The molecule has 7 nitrogen and oxygen atoms in total. The lowest BCUT2D eigenvalue weighted by Crippen LogP contribution is -2.51. The van der Waals surface area contributed by atoms with E-state index in [1.165, 1.54) is 0 Å². The van der Waals surface area contributed by atoms with Crippen LogP contribution >= 0.6 is 0 Å². The van der Waals surface area contributed by atoms with Crippen molar-refractivity contribution < 1.29 is 19.1 Å². The number of hydrogen-bond acceptors (Lipinski definition) is 5. The van der Waals surface area contributed by atoms with Crippen LogP contribution in [0.25, 0.3) is 0 Å². The summed E-state index contributed by atoms with van der Waals surface area (Å²) in [4.78, 5) is 31.0. The lowest BCUT2D eigenvalue weighted by molar-refractivity contribution is -0.139. The van der Waals surface area contributed by atoms with Crippen molar-refractivity contribution >= 4 is 11.8 Å². The lowest BCUT2D eigenvalue weighted by Gasteiger charge is -2.35. The zero-order valence-corrected chi connectivity index (χ0v) is 17.0. The lowest BCUT2D eigenvalue weighted by atomic mass is 10.1. The minimum atomic E-state index is 0.146. The molecule has 1 fully saturated rings. The summed E-state index contributed by atoms with van der Waals surface area (Å²) in [5.41, 5.74) is 1.07. The highest BCUT2D eigenvalue weighted by molar-refractivity contribution is 5.78. The number of benzene rings is 1. The van der Waals surface area contributed by atoms with E-state index in [-0.39, 0.29) is 18.6 Å². The van der Waals surface area contributed by atoms with Crippen molar-refractivity contribution in [1.82, 2.24) is 14.7 Å². The van der Waals surface area contributed by atoms with Gasteiger partial charge in [-0.05, 0) is 37.2 Å². The Hall–Kier alpha value is -2.28. The average Bonchev–Trinajstić information content (AvgIpc) is 3.20. The molecule has 7 heteroatoms. The van der Waals surface area contributed by atoms with Gasteiger partial charge in [0.15, 0.2) is 11.5 Å². The molecule has 0 unspecified atom stereocenters. The first kappa shape index (κ1) is 20.5. The molecule has 1 aromatic carbocycles. The topological polar surface area (TPSA) is 62.3 Å². The van der Waals surface area contributed by atoms with Gasteiger partial charge in [-0.2, -0.15) is 0 Å². The van der Waals surface area contributed by atoms with Gasteiger partial charge in [-0.1, -0.05) is 19.9 Å². The molecule has 0 radical (unpaired) electrons. The van der Waals surface area contributed by atoms with Crippen LogP contribution in [0, 0.1) is 0 Å². The van der Waals surface area contributed by atoms with Gasteiger partial charge < -0.3 is 24.2 Å². The van der Waals surface area contributed by atoms with Crippen LogP contribution < -0.4 is 9.47 Å². The van der Waals surface area contributed by atoms with E-state index in [1.807, 2.05) is 28.0 Å². The number of fused-ring (bicyclic) bond motifs is 1. The SMILES string of the molecule is CCN(CC)CCC(=O)N1CCN(C(=O)CCc2ccc3c(c2)OCO3)CC1. The van der Waals surface area contributed by atoms with Crippen LogP contribution in [0.2, 0.25) is 0 Å². The van der Waals surface area contributed by atoms with Crippen LogP contribution in [0.3, 0.4) is 0 Å². The summed E-state index contributed by atoms with van der Waals surface area (Å²) in [6.45, 7) is 9.73. The molecule has 0 spiro atoms. The molecule has 2 heterocycles. The Kier molecular flexibility index (Phi) is 7.14. The molecule has 1 saturated heterocycles. The highest BCUT2D eigenvalue weighted by atomic mass is 16.7. The molecular weight excluding hydrogens is 358 g/mol. The smallest absolute Gasteiger partial charge is 0.231 e. The Balaban J connectivity index is 1.39. The van der Waals surface area contributed by atoms with Crippen molar-refractivity contribution in [2.75, 3.05) is 52.6 Å². The molecule has 2 aliphatic heterocycles.